The van der Waals surface area contributed by atoms with Crippen LogP contribution in [0.2, 0.25) is 0 Å². The predicted molar refractivity (Wildman–Crippen MR) is 47.3 cm³/mol. The van der Waals surface area contributed by atoms with Crippen LogP contribution < -0.4 is 0 Å². The minimum absolute atomic E-state index is 0.126. The first-order valence-corrected chi connectivity index (χ1v) is 3.83. The molecule has 1 aromatic rings. The monoisotopic (exact) mass is 178 g/mol. The normalized spacial score (nSPS) is 11.8. The maximum Gasteiger partial charge on any atom is 0.373 e. The Balaban J connectivity index is 2.88. The van der Waals surface area contributed by atoms with E-state index in [0.717, 1.165) is 0 Å². The second-order valence-electron chi connectivity index (χ2n) is 2.58. The van der Waals surface area contributed by atoms with Crippen molar-refractivity contribution in [3.05, 3.63) is 23.7 Å². The van der Waals surface area contributed by atoms with E-state index in [2.05, 4.69) is 10.7 Å². The number of terminal acetylenes is 1. The molecular weight excluding hydrogens is 168 g/mol. The van der Waals surface area contributed by atoms with Crippen molar-refractivity contribution in [1.29, 1.82) is 0 Å². The molecule has 0 fully saturated rings. The number of hydrogen-bond donors (Lipinski definition) is 0. The highest BCUT2D eigenvalue weighted by atomic mass is 16.5. The number of methoxy groups -OCH3 is 1. The number of carbonyl (C=O) groups excluding carboxylic acids is 1. The third kappa shape index (κ3) is 1.91. The summed E-state index contributed by atoms with van der Waals surface area (Å²) in [5.74, 6) is 2.67. The van der Waals surface area contributed by atoms with E-state index in [-0.39, 0.29) is 11.7 Å². The van der Waals surface area contributed by atoms with Crippen molar-refractivity contribution in [3.63, 3.8) is 0 Å². The van der Waals surface area contributed by atoms with Crippen LogP contribution in [0.15, 0.2) is 16.5 Å². The standard InChI is InChI=1S/C10H10O3/c1-4-7(2)8-5-6-9(13-8)10(11)12-3/h1,5-7H,2-3H3. The van der Waals surface area contributed by atoms with Crippen LogP contribution in [0, 0.1) is 12.3 Å². The van der Waals surface area contributed by atoms with Crippen LogP contribution in [0.1, 0.15) is 29.2 Å². The molecule has 0 bridgehead atoms. The molecule has 0 radical (unpaired) electrons. The number of hydrogen-bond acceptors (Lipinski definition) is 3. The molecule has 1 unspecified atom stereocenters. The lowest BCUT2D eigenvalue weighted by atomic mass is 10.1. The number of furan rings is 1. The maximum atomic E-state index is 11.0. The first-order valence-electron chi connectivity index (χ1n) is 3.83. The third-order valence-electron chi connectivity index (χ3n) is 1.69. The summed E-state index contributed by atoms with van der Waals surface area (Å²) in [5.41, 5.74) is 0. The molecule has 3 heteroatoms. The zero-order chi connectivity index (χ0) is 9.84. The fourth-order valence-electron chi connectivity index (χ4n) is 0.878. The van der Waals surface area contributed by atoms with Gasteiger partial charge in [-0.15, -0.1) is 6.42 Å². The van der Waals surface area contributed by atoms with Gasteiger partial charge in [-0.2, -0.15) is 0 Å². The quantitative estimate of drug-likeness (QED) is 0.512. The van der Waals surface area contributed by atoms with Gasteiger partial charge in [0.05, 0.1) is 13.0 Å². The largest absolute Gasteiger partial charge is 0.463 e. The summed E-state index contributed by atoms with van der Waals surface area (Å²) in [7, 11) is 1.30. The lowest BCUT2D eigenvalue weighted by Gasteiger charge is -1.97. The van der Waals surface area contributed by atoms with Gasteiger partial charge in [0.15, 0.2) is 0 Å². The fourth-order valence-corrected chi connectivity index (χ4v) is 0.878. The molecule has 1 rings (SSSR count). The number of esters is 1. The van der Waals surface area contributed by atoms with Gasteiger partial charge in [-0.25, -0.2) is 4.79 Å². The Bertz CT molecular complexity index is 343. The van der Waals surface area contributed by atoms with Crippen molar-refractivity contribution < 1.29 is 13.9 Å². The smallest absolute Gasteiger partial charge is 0.373 e. The Morgan fingerprint density at radius 2 is 2.38 bits per heavy atom. The highest BCUT2D eigenvalue weighted by Gasteiger charge is 2.13. The highest BCUT2D eigenvalue weighted by Crippen LogP contribution is 2.17. The minimum Gasteiger partial charge on any atom is -0.463 e. The molecule has 0 N–H and O–H groups in total. The van der Waals surface area contributed by atoms with E-state index in [0.29, 0.717) is 5.76 Å². The van der Waals surface area contributed by atoms with Crippen LogP contribution in [0.3, 0.4) is 0 Å². The van der Waals surface area contributed by atoms with Crippen LogP contribution in [-0.2, 0) is 4.74 Å². The summed E-state index contributed by atoms with van der Waals surface area (Å²) in [6.45, 7) is 1.82. The third-order valence-corrected chi connectivity index (χ3v) is 1.69. The van der Waals surface area contributed by atoms with E-state index in [4.69, 9.17) is 10.8 Å². The Hall–Kier alpha value is -1.69. The molecule has 68 valence electrons. The molecule has 1 atom stereocenters. The van der Waals surface area contributed by atoms with Gasteiger partial charge in [-0.3, -0.25) is 0 Å². The van der Waals surface area contributed by atoms with Gasteiger partial charge in [0, 0.05) is 0 Å². The topological polar surface area (TPSA) is 39.4 Å². The number of ether oxygens (including phenoxy) is 1. The Kier molecular flexibility index (Phi) is 2.76. The zero-order valence-electron chi connectivity index (χ0n) is 7.53. The Morgan fingerprint density at radius 1 is 1.69 bits per heavy atom. The molecule has 0 aromatic carbocycles. The van der Waals surface area contributed by atoms with E-state index in [1.54, 1.807) is 12.1 Å². The molecular formula is C10H10O3. The summed E-state index contributed by atoms with van der Waals surface area (Å²) in [6, 6.07) is 3.23. The molecule has 1 aromatic heterocycles. The molecule has 0 aliphatic carbocycles. The van der Waals surface area contributed by atoms with Gasteiger partial charge in [0.2, 0.25) is 5.76 Å². The molecule has 0 amide bonds. The lowest BCUT2D eigenvalue weighted by Crippen LogP contribution is -1.98. The van der Waals surface area contributed by atoms with E-state index < -0.39 is 5.97 Å². The highest BCUT2D eigenvalue weighted by molar-refractivity contribution is 5.86. The van der Waals surface area contributed by atoms with E-state index in [1.807, 2.05) is 6.92 Å². The van der Waals surface area contributed by atoms with Gasteiger partial charge in [0.1, 0.15) is 5.76 Å². The van der Waals surface area contributed by atoms with Gasteiger partial charge in [-0.1, -0.05) is 5.92 Å². The van der Waals surface area contributed by atoms with Crippen LogP contribution >= 0.6 is 0 Å². The molecule has 0 saturated carbocycles. The van der Waals surface area contributed by atoms with Crippen molar-refractivity contribution in [2.45, 2.75) is 12.8 Å². The molecule has 0 spiro atoms. The van der Waals surface area contributed by atoms with Crippen LogP contribution in [-0.4, -0.2) is 13.1 Å². The lowest BCUT2D eigenvalue weighted by molar-refractivity contribution is 0.0563. The van der Waals surface area contributed by atoms with Crippen molar-refractivity contribution in [2.24, 2.45) is 0 Å². The SMILES string of the molecule is C#CC(C)c1ccc(C(=O)OC)o1. The second kappa shape index (κ2) is 3.81. The summed E-state index contributed by atoms with van der Waals surface area (Å²) in [4.78, 5) is 11.0. The van der Waals surface area contributed by atoms with Gasteiger partial charge in [-0.05, 0) is 19.1 Å². The molecule has 13 heavy (non-hydrogen) atoms. The fraction of sp³-hybridized carbons (Fsp3) is 0.300. The Labute approximate surface area is 76.7 Å². The first kappa shape index (κ1) is 9.40. The predicted octanol–water partition coefficient (Wildman–Crippen LogP) is 1.80. The minimum atomic E-state index is -0.490. The molecule has 0 saturated heterocycles. The second-order valence-corrected chi connectivity index (χ2v) is 2.58. The van der Waals surface area contributed by atoms with Crippen LogP contribution in [0.25, 0.3) is 0 Å². The van der Waals surface area contributed by atoms with E-state index in [1.165, 1.54) is 7.11 Å². The molecule has 0 aliphatic rings. The zero-order valence-corrected chi connectivity index (χ0v) is 7.53. The number of rotatable bonds is 2. The van der Waals surface area contributed by atoms with Crippen LogP contribution in [0.4, 0.5) is 0 Å². The van der Waals surface area contributed by atoms with Gasteiger partial charge >= 0.3 is 5.97 Å². The number of carbonyl (C=O) groups is 1. The average molecular weight is 178 g/mol. The summed E-state index contributed by atoms with van der Waals surface area (Å²) < 4.78 is 9.65. The van der Waals surface area contributed by atoms with Gasteiger partial charge in [0.25, 0.3) is 0 Å². The maximum absolute atomic E-state index is 11.0. The Morgan fingerprint density at radius 3 is 2.92 bits per heavy atom. The molecule has 1 heterocycles. The summed E-state index contributed by atoms with van der Waals surface area (Å²) in [5, 5.41) is 0. The van der Waals surface area contributed by atoms with Gasteiger partial charge < -0.3 is 9.15 Å². The van der Waals surface area contributed by atoms with Crippen molar-refractivity contribution in [2.75, 3.05) is 7.11 Å². The summed E-state index contributed by atoms with van der Waals surface area (Å²) in [6.07, 6.45) is 5.20. The van der Waals surface area contributed by atoms with Crippen LogP contribution in [0.5, 0.6) is 0 Å². The average Bonchev–Trinajstić information content (AvgIpc) is 2.64. The van der Waals surface area contributed by atoms with Crippen molar-refractivity contribution in [3.8, 4) is 12.3 Å². The van der Waals surface area contributed by atoms with Crippen molar-refractivity contribution >= 4 is 5.97 Å². The summed E-state index contributed by atoms with van der Waals surface area (Å²) >= 11 is 0. The van der Waals surface area contributed by atoms with Crippen molar-refractivity contribution in [1.82, 2.24) is 0 Å². The van der Waals surface area contributed by atoms with E-state index in [9.17, 15) is 4.79 Å². The molecule has 3 nitrogen and oxygen atoms in total. The van der Waals surface area contributed by atoms with E-state index >= 15 is 0 Å². The molecule has 0 aliphatic heterocycles. The first-order chi connectivity index (χ1) is 6.19.